The van der Waals surface area contributed by atoms with Crippen molar-refractivity contribution in [3.63, 3.8) is 0 Å². The molecule has 2 saturated carbocycles. The molecule has 120 valence electrons. The van der Waals surface area contributed by atoms with E-state index >= 15 is 0 Å². The fraction of sp³-hybridized carbons (Fsp3) is 0.941. The largest absolute Gasteiger partial charge is 0.378 e. The lowest BCUT2D eigenvalue weighted by molar-refractivity contribution is -0.165. The molecule has 1 saturated heterocycles. The van der Waals surface area contributed by atoms with Crippen molar-refractivity contribution in [1.82, 2.24) is 10.2 Å². The molecule has 0 radical (unpaired) electrons. The Morgan fingerprint density at radius 3 is 2.57 bits per heavy atom. The maximum absolute atomic E-state index is 12.8. The molecule has 0 aromatic carbocycles. The Kier molecular flexibility index (Phi) is 3.81. The van der Waals surface area contributed by atoms with Crippen molar-refractivity contribution in [2.24, 2.45) is 16.7 Å². The molecule has 1 N–H and O–H groups in total. The molecule has 3 atom stereocenters. The molecule has 3 rings (SSSR count). The Balaban J connectivity index is 1.59. The van der Waals surface area contributed by atoms with Crippen LogP contribution in [-0.2, 0) is 9.53 Å². The van der Waals surface area contributed by atoms with Crippen LogP contribution in [0.1, 0.15) is 46.5 Å². The predicted molar refractivity (Wildman–Crippen MR) is 83.0 cm³/mol. The standard InChI is InChI=1S/C17H30N2O2/c1-5-21-14-10-13(16(14,2)3)19(4)15(20)12-11-17(12)6-8-18-9-7-17/h12-14,18H,5-11H2,1-4H3/t12-,13-,14-/m1/s1. The molecule has 1 aliphatic heterocycles. The van der Waals surface area contributed by atoms with Crippen LogP contribution in [0.5, 0.6) is 0 Å². The van der Waals surface area contributed by atoms with Crippen molar-refractivity contribution in [1.29, 1.82) is 0 Å². The lowest BCUT2D eigenvalue weighted by Gasteiger charge is -2.55. The van der Waals surface area contributed by atoms with E-state index in [0.717, 1.165) is 32.5 Å². The second-order valence-corrected chi connectivity index (χ2v) is 7.84. The van der Waals surface area contributed by atoms with Crippen LogP contribution in [0.15, 0.2) is 0 Å². The first-order valence-corrected chi connectivity index (χ1v) is 8.51. The number of rotatable bonds is 4. The van der Waals surface area contributed by atoms with Crippen molar-refractivity contribution >= 4 is 5.91 Å². The summed E-state index contributed by atoms with van der Waals surface area (Å²) in [6.45, 7) is 9.43. The number of carbonyl (C=O) groups excluding carboxylic acids is 1. The molecule has 3 fully saturated rings. The molecule has 4 heteroatoms. The number of piperidine rings is 1. The lowest BCUT2D eigenvalue weighted by Crippen LogP contribution is -2.62. The SMILES string of the molecule is CCO[C@@H]1C[C@@H](N(C)C(=O)[C@H]2CC23CCNCC3)C1(C)C. The normalized spacial score (nSPS) is 36.1. The van der Waals surface area contributed by atoms with E-state index in [1.54, 1.807) is 0 Å². The highest BCUT2D eigenvalue weighted by Gasteiger charge is 2.60. The van der Waals surface area contributed by atoms with Gasteiger partial charge in [-0.15, -0.1) is 0 Å². The molecule has 0 aromatic rings. The Hall–Kier alpha value is -0.610. The molecule has 1 amide bonds. The molecule has 0 aromatic heterocycles. The van der Waals surface area contributed by atoms with E-state index in [1.165, 1.54) is 12.8 Å². The average molecular weight is 294 g/mol. The number of carbonyl (C=O) groups is 1. The van der Waals surface area contributed by atoms with Gasteiger partial charge in [-0.2, -0.15) is 0 Å². The van der Waals surface area contributed by atoms with Crippen molar-refractivity contribution < 1.29 is 9.53 Å². The summed E-state index contributed by atoms with van der Waals surface area (Å²) in [5.41, 5.74) is 0.417. The average Bonchev–Trinajstić information content (AvgIpc) is 3.15. The Morgan fingerprint density at radius 2 is 2.00 bits per heavy atom. The fourth-order valence-corrected chi connectivity index (χ4v) is 4.58. The van der Waals surface area contributed by atoms with E-state index in [9.17, 15) is 4.79 Å². The molecule has 0 unspecified atom stereocenters. The zero-order valence-electron chi connectivity index (χ0n) is 13.9. The van der Waals surface area contributed by atoms with Crippen LogP contribution in [0.4, 0.5) is 0 Å². The highest BCUT2D eigenvalue weighted by molar-refractivity contribution is 5.83. The topological polar surface area (TPSA) is 41.6 Å². The fourth-order valence-electron chi connectivity index (χ4n) is 4.58. The monoisotopic (exact) mass is 294 g/mol. The van der Waals surface area contributed by atoms with Gasteiger partial charge in [0.2, 0.25) is 5.91 Å². The van der Waals surface area contributed by atoms with Crippen LogP contribution in [0.3, 0.4) is 0 Å². The third-order valence-corrected chi connectivity index (χ3v) is 6.40. The van der Waals surface area contributed by atoms with Gasteiger partial charge in [0, 0.05) is 31.0 Å². The molecule has 3 aliphatic rings. The summed E-state index contributed by atoms with van der Waals surface area (Å²) >= 11 is 0. The molecule has 21 heavy (non-hydrogen) atoms. The van der Waals surface area contributed by atoms with Crippen LogP contribution in [0.2, 0.25) is 0 Å². The molecule has 4 nitrogen and oxygen atoms in total. The third kappa shape index (κ3) is 2.40. The van der Waals surface area contributed by atoms with Gasteiger partial charge in [0.15, 0.2) is 0 Å². The van der Waals surface area contributed by atoms with E-state index in [-0.39, 0.29) is 11.3 Å². The van der Waals surface area contributed by atoms with Gasteiger partial charge in [0.25, 0.3) is 0 Å². The van der Waals surface area contributed by atoms with Gasteiger partial charge >= 0.3 is 0 Å². The molecular weight excluding hydrogens is 264 g/mol. The van der Waals surface area contributed by atoms with E-state index in [1.807, 2.05) is 18.9 Å². The highest BCUT2D eigenvalue weighted by atomic mass is 16.5. The Morgan fingerprint density at radius 1 is 1.33 bits per heavy atom. The van der Waals surface area contributed by atoms with Gasteiger partial charge in [0.05, 0.1) is 6.10 Å². The zero-order chi connectivity index (χ0) is 15.3. The maximum atomic E-state index is 12.8. The minimum absolute atomic E-state index is 0.0800. The summed E-state index contributed by atoms with van der Waals surface area (Å²) in [4.78, 5) is 14.9. The van der Waals surface area contributed by atoms with E-state index < -0.39 is 0 Å². The minimum atomic E-state index is 0.0800. The van der Waals surface area contributed by atoms with Gasteiger partial charge in [-0.3, -0.25) is 4.79 Å². The van der Waals surface area contributed by atoms with Crippen LogP contribution in [0, 0.1) is 16.7 Å². The smallest absolute Gasteiger partial charge is 0.226 e. The zero-order valence-corrected chi connectivity index (χ0v) is 13.9. The number of hydrogen-bond acceptors (Lipinski definition) is 3. The summed E-state index contributed by atoms with van der Waals surface area (Å²) < 4.78 is 5.79. The first-order chi connectivity index (χ1) is 9.92. The van der Waals surface area contributed by atoms with E-state index in [0.29, 0.717) is 23.5 Å². The van der Waals surface area contributed by atoms with E-state index in [4.69, 9.17) is 4.74 Å². The molecule has 0 bridgehead atoms. The highest BCUT2D eigenvalue weighted by Crippen LogP contribution is 2.59. The molecular formula is C17H30N2O2. The van der Waals surface area contributed by atoms with Gasteiger partial charge < -0.3 is 15.0 Å². The van der Waals surface area contributed by atoms with Crippen LogP contribution in [0.25, 0.3) is 0 Å². The van der Waals surface area contributed by atoms with Crippen molar-refractivity contribution in [3.8, 4) is 0 Å². The first kappa shape index (κ1) is 15.3. The second kappa shape index (κ2) is 5.24. The van der Waals surface area contributed by atoms with Crippen molar-refractivity contribution in [2.75, 3.05) is 26.7 Å². The van der Waals surface area contributed by atoms with Crippen LogP contribution < -0.4 is 5.32 Å². The number of nitrogens with zero attached hydrogens (tertiary/aromatic N) is 1. The summed E-state index contributed by atoms with van der Waals surface area (Å²) in [7, 11) is 2.00. The molecule has 2 aliphatic carbocycles. The van der Waals surface area contributed by atoms with Gasteiger partial charge in [-0.05, 0) is 51.1 Å². The first-order valence-electron chi connectivity index (χ1n) is 8.51. The Labute approximate surface area is 128 Å². The minimum Gasteiger partial charge on any atom is -0.378 e. The molecule has 1 heterocycles. The summed E-state index contributed by atoms with van der Waals surface area (Å²) in [5, 5.41) is 3.41. The Bertz CT molecular complexity index is 415. The number of amides is 1. The second-order valence-electron chi connectivity index (χ2n) is 7.84. The van der Waals surface area contributed by atoms with Gasteiger partial charge in [-0.1, -0.05) is 13.8 Å². The number of hydrogen-bond donors (Lipinski definition) is 1. The summed E-state index contributed by atoms with van der Waals surface area (Å²) in [5.74, 6) is 0.663. The molecule has 1 spiro atoms. The predicted octanol–water partition coefficient (Wildman–Crippen LogP) is 2.04. The van der Waals surface area contributed by atoms with Gasteiger partial charge in [-0.25, -0.2) is 0 Å². The van der Waals surface area contributed by atoms with Crippen LogP contribution >= 0.6 is 0 Å². The summed E-state index contributed by atoms with van der Waals surface area (Å²) in [6.07, 6.45) is 4.75. The lowest BCUT2D eigenvalue weighted by atomic mass is 9.63. The van der Waals surface area contributed by atoms with Crippen molar-refractivity contribution in [3.05, 3.63) is 0 Å². The van der Waals surface area contributed by atoms with E-state index in [2.05, 4.69) is 19.2 Å². The van der Waals surface area contributed by atoms with Crippen molar-refractivity contribution in [2.45, 2.75) is 58.6 Å². The number of nitrogens with one attached hydrogen (secondary N) is 1. The summed E-state index contributed by atoms with van der Waals surface area (Å²) in [6, 6.07) is 0.334. The maximum Gasteiger partial charge on any atom is 0.226 e. The van der Waals surface area contributed by atoms with Gasteiger partial charge in [0.1, 0.15) is 0 Å². The third-order valence-electron chi connectivity index (χ3n) is 6.40. The quantitative estimate of drug-likeness (QED) is 0.863. The number of ether oxygens (including phenoxy) is 1. The van der Waals surface area contributed by atoms with Crippen LogP contribution in [-0.4, -0.2) is 49.7 Å².